The molecule has 2 atom stereocenters. The number of halogens is 1. The van der Waals surface area contributed by atoms with Crippen LogP contribution in [0.1, 0.15) is 33.5 Å². The quantitative estimate of drug-likeness (QED) is 0.844. The number of hydrogen-bond donors (Lipinski definition) is 0. The monoisotopic (exact) mass is 352 g/mol. The van der Waals surface area contributed by atoms with Gasteiger partial charge in [0, 0.05) is 24.7 Å². The molecule has 1 amide bonds. The Morgan fingerprint density at radius 2 is 2.00 bits per heavy atom. The van der Waals surface area contributed by atoms with Crippen molar-refractivity contribution in [2.45, 2.75) is 25.8 Å². The molecule has 0 radical (unpaired) electrons. The lowest BCUT2D eigenvalue weighted by Crippen LogP contribution is -2.35. The minimum atomic E-state index is -0.193. The minimum absolute atomic E-state index is 0.107. The summed E-state index contributed by atoms with van der Waals surface area (Å²) in [4.78, 5) is 17.5. The van der Waals surface area contributed by atoms with Gasteiger partial charge in [0.2, 0.25) is 0 Å². The highest BCUT2D eigenvalue weighted by Gasteiger charge is 2.41. The second kappa shape index (κ2) is 6.84. The van der Waals surface area contributed by atoms with E-state index >= 15 is 0 Å². The van der Waals surface area contributed by atoms with E-state index in [0.29, 0.717) is 23.9 Å². The Kier molecular flexibility index (Phi) is 4.53. The molecule has 2 saturated heterocycles. The number of hydrogen-bond acceptors (Lipinski definition) is 2. The van der Waals surface area contributed by atoms with Crippen molar-refractivity contribution in [3.05, 3.63) is 70.5 Å². The maximum Gasteiger partial charge on any atom is 0.254 e. The second-order valence-corrected chi connectivity index (χ2v) is 7.72. The molecule has 0 unspecified atom stereocenters. The first-order valence-electron chi connectivity index (χ1n) is 9.35. The van der Waals surface area contributed by atoms with Crippen molar-refractivity contribution in [3.8, 4) is 0 Å². The summed E-state index contributed by atoms with van der Waals surface area (Å²) < 4.78 is 13.9. The van der Waals surface area contributed by atoms with Gasteiger partial charge in [-0.1, -0.05) is 30.3 Å². The van der Waals surface area contributed by atoms with Crippen LogP contribution in [0.4, 0.5) is 4.39 Å². The van der Waals surface area contributed by atoms with Crippen LogP contribution < -0.4 is 0 Å². The minimum Gasteiger partial charge on any atom is -0.337 e. The van der Waals surface area contributed by atoms with Crippen LogP contribution in [0.25, 0.3) is 0 Å². The number of carbonyl (C=O) groups excluding carboxylic acids is 1. The van der Waals surface area contributed by atoms with Gasteiger partial charge in [-0.15, -0.1) is 0 Å². The predicted octanol–water partition coefficient (Wildman–Crippen LogP) is 3.50. The van der Waals surface area contributed by atoms with Gasteiger partial charge in [-0.25, -0.2) is 4.39 Å². The highest BCUT2D eigenvalue weighted by atomic mass is 19.1. The fourth-order valence-corrected chi connectivity index (χ4v) is 4.36. The molecule has 2 aliphatic rings. The van der Waals surface area contributed by atoms with Crippen LogP contribution in [0.15, 0.2) is 42.5 Å². The normalized spacial score (nSPS) is 22.7. The Morgan fingerprint density at radius 3 is 2.77 bits per heavy atom. The average Bonchev–Trinajstić information content (AvgIpc) is 3.20. The van der Waals surface area contributed by atoms with E-state index in [1.807, 2.05) is 35.2 Å². The van der Waals surface area contributed by atoms with Gasteiger partial charge in [-0.05, 0) is 68.1 Å². The van der Waals surface area contributed by atoms with Crippen LogP contribution in [0.2, 0.25) is 0 Å². The third-order valence-electron chi connectivity index (χ3n) is 5.99. The van der Waals surface area contributed by atoms with Crippen LogP contribution in [-0.4, -0.2) is 48.4 Å². The second-order valence-electron chi connectivity index (χ2n) is 7.72. The van der Waals surface area contributed by atoms with E-state index in [-0.39, 0.29) is 11.7 Å². The Labute approximate surface area is 154 Å². The molecule has 0 aromatic heterocycles. The number of aryl methyl sites for hydroxylation is 1. The lowest BCUT2D eigenvalue weighted by molar-refractivity contribution is 0.0773. The third kappa shape index (κ3) is 3.14. The van der Waals surface area contributed by atoms with Crippen LogP contribution in [0, 0.1) is 18.7 Å². The molecule has 3 nitrogen and oxygen atoms in total. The standard InChI is InChI=1S/C22H25FN2O/c1-15-7-8-16(12-20(15)23)11-17-5-3-4-6-19(17)22(26)25-13-18-9-10-24(2)21(18)14-25/h3-8,12,18,21H,9-11,13-14H2,1-2H3/t18-,21+/m0/s1. The van der Waals surface area contributed by atoms with Gasteiger partial charge in [0.15, 0.2) is 0 Å². The molecule has 26 heavy (non-hydrogen) atoms. The van der Waals surface area contributed by atoms with Gasteiger partial charge in [-0.3, -0.25) is 4.79 Å². The SMILES string of the molecule is Cc1ccc(Cc2ccccc2C(=O)N2C[C@@H]3CCN(C)[C@@H]3C2)cc1F. The highest BCUT2D eigenvalue weighted by molar-refractivity contribution is 5.96. The van der Waals surface area contributed by atoms with Crippen LogP contribution in [0.5, 0.6) is 0 Å². The van der Waals surface area contributed by atoms with E-state index in [9.17, 15) is 9.18 Å². The van der Waals surface area contributed by atoms with Crippen molar-refractivity contribution in [2.75, 3.05) is 26.7 Å². The fourth-order valence-electron chi connectivity index (χ4n) is 4.36. The molecule has 2 heterocycles. The maximum atomic E-state index is 13.9. The number of rotatable bonds is 3. The predicted molar refractivity (Wildman–Crippen MR) is 101 cm³/mol. The molecule has 2 fully saturated rings. The van der Waals surface area contributed by atoms with Crippen LogP contribution in [0.3, 0.4) is 0 Å². The van der Waals surface area contributed by atoms with E-state index in [1.54, 1.807) is 19.1 Å². The molecule has 0 aliphatic carbocycles. The molecule has 0 saturated carbocycles. The summed E-state index contributed by atoms with van der Waals surface area (Å²) in [7, 11) is 2.15. The van der Waals surface area contributed by atoms with Gasteiger partial charge >= 0.3 is 0 Å². The smallest absolute Gasteiger partial charge is 0.254 e. The van der Waals surface area contributed by atoms with Crippen molar-refractivity contribution < 1.29 is 9.18 Å². The largest absolute Gasteiger partial charge is 0.337 e. The summed E-state index contributed by atoms with van der Waals surface area (Å²) >= 11 is 0. The van der Waals surface area contributed by atoms with E-state index in [1.165, 1.54) is 6.42 Å². The summed E-state index contributed by atoms with van der Waals surface area (Å²) in [5.41, 5.74) is 3.25. The maximum absolute atomic E-state index is 13.9. The molecule has 0 spiro atoms. The van der Waals surface area contributed by atoms with Crippen molar-refractivity contribution >= 4 is 5.91 Å². The van der Waals surface area contributed by atoms with E-state index < -0.39 is 0 Å². The van der Waals surface area contributed by atoms with Crippen LogP contribution in [-0.2, 0) is 6.42 Å². The first kappa shape index (κ1) is 17.2. The molecule has 136 valence electrons. The van der Waals surface area contributed by atoms with Gasteiger partial charge in [-0.2, -0.15) is 0 Å². The molecule has 0 bridgehead atoms. The number of amides is 1. The summed E-state index contributed by atoms with van der Waals surface area (Å²) in [5.74, 6) is 0.514. The zero-order valence-corrected chi connectivity index (χ0v) is 15.4. The molecule has 0 N–H and O–H groups in total. The van der Waals surface area contributed by atoms with E-state index in [0.717, 1.165) is 36.3 Å². The molecule has 2 aromatic rings. The molecule has 4 heteroatoms. The van der Waals surface area contributed by atoms with Gasteiger partial charge in [0.05, 0.1) is 0 Å². The zero-order valence-electron chi connectivity index (χ0n) is 15.4. The first-order valence-corrected chi connectivity index (χ1v) is 9.35. The summed E-state index contributed by atoms with van der Waals surface area (Å²) in [5, 5.41) is 0. The number of likely N-dealkylation sites (tertiary alicyclic amines) is 2. The van der Waals surface area contributed by atoms with Crippen molar-refractivity contribution in [3.63, 3.8) is 0 Å². The van der Waals surface area contributed by atoms with Gasteiger partial charge < -0.3 is 9.80 Å². The number of benzene rings is 2. The van der Waals surface area contributed by atoms with Crippen molar-refractivity contribution in [1.29, 1.82) is 0 Å². The van der Waals surface area contributed by atoms with Crippen LogP contribution >= 0.6 is 0 Å². The Balaban J connectivity index is 1.56. The Hall–Kier alpha value is -2.20. The number of carbonyl (C=O) groups is 1. The fraction of sp³-hybridized carbons (Fsp3) is 0.409. The summed E-state index contributed by atoms with van der Waals surface area (Å²) in [6, 6.07) is 13.6. The zero-order chi connectivity index (χ0) is 18.3. The lowest BCUT2D eigenvalue weighted by atomic mass is 9.98. The summed E-state index contributed by atoms with van der Waals surface area (Å²) in [6.07, 6.45) is 1.74. The Morgan fingerprint density at radius 1 is 1.19 bits per heavy atom. The molecule has 2 aliphatic heterocycles. The topological polar surface area (TPSA) is 23.6 Å². The molecular weight excluding hydrogens is 327 g/mol. The molecule has 4 rings (SSSR count). The summed E-state index contributed by atoms with van der Waals surface area (Å²) in [6.45, 7) is 4.56. The number of fused-ring (bicyclic) bond motifs is 1. The third-order valence-corrected chi connectivity index (χ3v) is 5.99. The lowest BCUT2D eigenvalue weighted by Gasteiger charge is -2.22. The highest BCUT2D eigenvalue weighted by Crippen LogP contribution is 2.31. The average molecular weight is 352 g/mol. The molecule has 2 aromatic carbocycles. The van der Waals surface area contributed by atoms with Gasteiger partial charge in [0.25, 0.3) is 5.91 Å². The van der Waals surface area contributed by atoms with Gasteiger partial charge in [0.1, 0.15) is 5.82 Å². The Bertz CT molecular complexity index is 835. The van der Waals surface area contributed by atoms with Crippen molar-refractivity contribution in [2.24, 2.45) is 5.92 Å². The van der Waals surface area contributed by atoms with Crippen molar-refractivity contribution in [1.82, 2.24) is 9.80 Å². The first-order chi connectivity index (χ1) is 12.5. The molecular formula is C22H25FN2O. The number of nitrogens with zero attached hydrogens (tertiary/aromatic N) is 2. The van der Waals surface area contributed by atoms with E-state index in [4.69, 9.17) is 0 Å². The van der Waals surface area contributed by atoms with E-state index in [2.05, 4.69) is 11.9 Å². The number of likely N-dealkylation sites (N-methyl/N-ethyl adjacent to an activating group) is 1.